The first kappa shape index (κ1) is 14.6. The first-order valence-corrected chi connectivity index (χ1v) is 8.40. The summed E-state index contributed by atoms with van der Waals surface area (Å²) in [5.41, 5.74) is 2.05. The molecule has 2 nitrogen and oxygen atoms in total. The van der Waals surface area contributed by atoms with Crippen molar-refractivity contribution in [2.75, 3.05) is 0 Å². The molecule has 0 aromatic heterocycles. The lowest BCUT2D eigenvalue weighted by atomic mass is 9.66. The summed E-state index contributed by atoms with van der Waals surface area (Å²) in [6, 6.07) is 10.9. The predicted molar refractivity (Wildman–Crippen MR) is 83.7 cm³/mol. The summed E-state index contributed by atoms with van der Waals surface area (Å²) in [6.07, 6.45) is 9.16. The number of nitrogens with zero attached hydrogens (tertiary/aromatic N) is 1. The second-order valence-corrected chi connectivity index (χ2v) is 6.97. The van der Waals surface area contributed by atoms with Crippen LogP contribution in [0.5, 0.6) is 0 Å². The van der Waals surface area contributed by atoms with Crippen LogP contribution in [0.3, 0.4) is 0 Å². The van der Waals surface area contributed by atoms with Gasteiger partial charge in [0.2, 0.25) is 0 Å². The van der Waals surface area contributed by atoms with Gasteiger partial charge in [0.15, 0.2) is 0 Å². The minimum atomic E-state index is -0.564. The van der Waals surface area contributed by atoms with Gasteiger partial charge in [0.25, 0.3) is 0 Å². The molecule has 0 saturated heterocycles. The van der Waals surface area contributed by atoms with Gasteiger partial charge < -0.3 is 5.11 Å². The Morgan fingerprint density at radius 3 is 2.62 bits per heavy atom. The van der Waals surface area contributed by atoms with E-state index in [1.807, 2.05) is 6.07 Å². The molecule has 1 N–H and O–H groups in total. The van der Waals surface area contributed by atoms with Gasteiger partial charge >= 0.3 is 0 Å². The summed E-state index contributed by atoms with van der Waals surface area (Å²) < 4.78 is 0. The average molecular weight is 283 g/mol. The summed E-state index contributed by atoms with van der Waals surface area (Å²) in [7, 11) is 0. The Balaban J connectivity index is 1.73. The van der Waals surface area contributed by atoms with Crippen LogP contribution in [0.2, 0.25) is 0 Å². The number of aliphatic hydroxyl groups is 1. The van der Waals surface area contributed by atoms with Crippen LogP contribution in [0, 0.1) is 22.7 Å². The van der Waals surface area contributed by atoms with Gasteiger partial charge in [0, 0.05) is 0 Å². The smallest absolute Gasteiger partial charge is 0.0875 e. The van der Waals surface area contributed by atoms with Crippen LogP contribution in [0.1, 0.15) is 56.1 Å². The van der Waals surface area contributed by atoms with Crippen LogP contribution in [0.4, 0.5) is 0 Å². The van der Waals surface area contributed by atoms with Crippen molar-refractivity contribution in [3.63, 3.8) is 0 Å². The number of benzene rings is 1. The van der Waals surface area contributed by atoms with Gasteiger partial charge in [-0.05, 0) is 42.7 Å². The average Bonchev–Trinajstić information content (AvgIpc) is 2.55. The van der Waals surface area contributed by atoms with Crippen molar-refractivity contribution in [2.45, 2.75) is 63.9 Å². The quantitative estimate of drug-likeness (QED) is 0.910. The zero-order valence-corrected chi connectivity index (χ0v) is 12.7. The summed E-state index contributed by atoms with van der Waals surface area (Å²) in [5.74, 6) is 0.621. The fourth-order valence-corrected chi connectivity index (χ4v) is 4.18. The standard InChI is InChI=1S/C19H25NO/c20-14-19(18(21)12-15-6-2-1-3-7-15)11-10-16-8-4-5-9-17(16)13-19/h4-5,8-9,15,18,21H,1-3,6-7,10-13H2. The molecule has 0 bridgehead atoms. The first-order chi connectivity index (χ1) is 10.2. The first-order valence-electron chi connectivity index (χ1n) is 8.40. The maximum absolute atomic E-state index is 10.8. The van der Waals surface area contributed by atoms with Crippen molar-refractivity contribution < 1.29 is 5.11 Å². The molecule has 0 spiro atoms. The molecule has 2 aliphatic carbocycles. The monoisotopic (exact) mass is 283 g/mol. The third-order valence-corrected chi connectivity index (χ3v) is 5.61. The van der Waals surface area contributed by atoms with E-state index in [9.17, 15) is 10.4 Å². The summed E-state index contributed by atoms with van der Waals surface area (Å²) in [4.78, 5) is 0. The van der Waals surface area contributed by atoms with Crippen LogP contribution in [0.25, 0.3) is 0 Å². The lowest BCUT2D eigenvalue weighted by Gasteiger charge is -2.38. The van der Waals surface area contributed by atoms with Crippen LogP contribution in [-0.2, 0) is 12.8 Å². The molecule has 1 fully saturated rings. The van der Waals surface area contributed by atoms with Crippen molar-refractivity contribution in [3.8, 4) is 6.07 Å². The van der Waals surface area contributed by atoms with Crippen molar-refractivity contribution in [2.24, 2.45) is 11.3 Å². The third-order valence-electron chi connectivity index (χ3n) is 5.61. The number of hydrogen-bond donors (Lipinski definition) is 1. The molecular weight excluding hydrogens is 258 g/mol. The normalized spacial score (nSPS) is 27.6. The lowest BCUT2D eigenvalue weighted by Crippen LogP contribution is -2.40. The Morgan fingerprint density at radius 1 is 1.19 bits per heavy atom. The summed E-state index contributed by atoms with van der Waals surface area (Å²) in [6.45, 7) is 0. The molecule has 2 aliphatic rings. The molecule has 0 heterocycles. The molecular formula is C19H25NO. The van der Waals surface area contributed by atoms with E-state index in [1.54, 1.807) is 0 Å². The minimum Gasteiger partial charge on any atom is -0.391 e. The molecule has 2 unspecified atom stereocenters. The molecule has 0 amide bonds. The maximum Gasteiger partial charge on any atom is 0.0875 e. The van der Waals surface area contributed by atoms with Gasteiger partial charge in [-0.25, -0.2) is 0 Å². The minimum absolute atomic E-state index is 0.473. The van der Waals surface area contributed by atoms with E-state index in [1.165, 1.54) is 43.2 Å². The molecule has 3 rings (SSSR count). The molecule has 0 radical (unpaired) electrons. The van der Waals surface area contributed by atoms with Gasteiger partial charge in [0.05, 0.1) is 17.6 Å². The van der Waals surface area contributed by atoms with Crippen molar-refractivity contribution in [1.29, 1.82) is 5.26 Å². The van der Waals surface area contributed by atoms with Crippen LogP contribution < -0.4 is 0 Å². The van der Waals surface area contributed by atoms with E-state index in [-0.39, 0.29) is 0 Å². The Kier molecular flexibility index (Phi) is 4.31. The van der Waals surface area contributed by atoms with Crippen LogP contribution in [-0.4, -0.2) is 11.2 Å². The zero-order valence-electron chi connectivity index (χ0n) is 12.7. The second kappa shape index (κ2) is 6.20. The van der Waals surface area contributed by atoms with E-state index < -0.39 is 11.5 Å². The number of rotatable bonds is 3. The number of hydrogen-bond acceptors (Lipinski definition) is 2. The van der Waals surface area contributed by atoms with E-state index in [0.29, 0.717) is 12.3 Å². The van der Waals surface area contributed by atoms with Crippen molar-refractivity contribution in [3.05, 3.63) is 35.4 Å². The molecule has 1 aromatic carbocycles. The van der Waals surface area contributed by atoms with Crippen molar-refractivity contribution >= 4 is 0 Å². The molecule has 1 aromatic rings. The van der Waals surface area contributed by atoms with Gasteiger partial charge in [-0.1, -0.05) is 56.4 Å². The largest absolute Gasteiger partial charge is 0.391 e. The predicted octanol–water partition coefficient (Wildman–Crippen LogP) is 4.02. The van der Waals surface area contributed by atoms with Gasteiger partial charge in [0.1, 0.15) is 0 Å². The summed E-state index contributed by atoms with van der Waals surface area (Å²) >= 11 is 0. The molecule has 21 heavy (non-hydrogen) atoms. The maximum atomic E-state index is 10.8. The highest BCUT2D eigenvalue weighted by Crippen LogP contribution is 2.41. The lowest BCUT2D eigenvalue weighted by molar-refractivity contribution is 0.0280. The Bertz CT molecular complexity index is 527. The Hall–Kier alpha value is -1.33. The zero-order chi connectivity index (χ0) is 14.7. The van der Waals surface area contributed by atoms with Crippen LogP contribution >= 0.6 is 0 Å². The Labute approximate surface area is 127 Å². The molecule has 0 aliphatic heterocycles. The SMILES string of the molecule is N#CC1(C(O)CC2CCCCC2)CCc2ccccc2C1. The molecule has 2 heteroatoms. The van der Waals surface area contributed by atoms with Crippen molar-refractivity contribution in [1.82, 2.24) is 0 Å². The molecule has 112 valence electrons. The third kappa shape index (κ3) is 2.99. The molecule has 1 saturated carbocycles. The molecule has 2 atom stereocenters. The fraction of sp³-hybridized carbons (Fsp3) is 0.632. The van der Waals surface area contributed by atoms with E-state index >= 15 is 0 Å². The number of aryl methyl sites for hydroxylation is 1. The van der Waals surface area contributed by atoms with E-state index in [0.717, 1.165) is 19.3 Å². The van der Waals surface area contributed by atoms with E-state index in [4.69, 9.17) is 0 Å². The highest BCUT2D eigenvalue weighted by atomic mass is 16.3. The highest BCUT2D eigenvalue weighted by molar-refractivity contribution is 5.33. The number of nitriles is 1. The fourth-order valence-electron chi connectivity index (χ4n) is 4.18. The summed E-state index contributed by atoms with van der Waals surface area (Å²) in [5, 5.41) is 20.5. The number of fused-ring (bicyclic) bond motifs is 1. The van der Waals surface area contributed by atoms with Gasteiger partial charge in [-0.3, -0.25) is 0 Å². The second-order valence-electron chi connectivity index (χ2n) is 6.97. The Morgan fingerprint density at radius 2 is 1.90 bits per heavy atom. The van der Waals surface area contributed by atoms with Gasteiger partial charge in [-0.2, -0.15) is 5.26 Å². The van der Waals surface area contributed by atoms with E-state index in [2.05, 4.69) is 24.3 Å². The highest BCUT2D eigenvalue weighted by Gasteiger charge is 2.41. The topological polar surface area (TPSA) is 44.0 Å². The number of aliphatic hydroxyl groups excluding tert-OH is 1. The van der Waals surface area contributed by atoms with Gasteiger partial charge in [-0.15, -0.1) is 0 Å². The van der Waals surface area contributed by atoms with Crippen LogP contribution in [0.15, 0.2) is 24.3 Å².